The number of esters is 1. The molecule has 0 bridgehead atoms. The van der Waals surface area contributed by atoms with E-state index in [0.29, 0.717) is 37.8 Å². The molecule has 0 saturated heterocycles. The summed E-state index contributed by atoms with van der Waals surface area (Å²) in [5.74, 6) is 0.264. The number of carbonyl (C=O) groups excluding carboxylic acids is 1. The van der Waals surface area contributed by atoms with Gasteiger partial charge in [0.2, 0.25) is 0 Å². The number of hydrogen-bond donors (Lipinski definition) is 0. The molecule has 0 radical (unpaired) electrons. The molecular formula is C26H21ClI2N2O4S. The first-order valence-electron chi connectivity index (χ1n) is 10.9. The Labute approximate surface area is 244 Å². The Kier molecular flexibility index (Phi) is 8.74. The number of allylic oxidation sites excluding steroid dienone is 1. The minimum Gasteiger partial charge on any atom is -0.487 e. The van der Waals surface area contributed by atoms with E-state index >= 15 is 0 Å². The molecule has 1 atom stereocenters. The van der Waals surface area contributed by atoms with Crippen molar-refractivity contribution >= 4 is 80.2 Å². The van der Waals surface area contributed by atoms with Gasteiger partial charge in [0.05, 0.1) is 29.5 Å². The predicted octanol–water partition coefficient (Wildman–Crippen LogP) is 5.23. The number of fused-ring (bicyclic) bond motifs is 1. The van der Waals surface area contributed by atoms with E-state index in [1.807, 2.05) is 36.4 Å². The van der Waals surface area contributed by atoms with Crippen LogP contribution in [0.25, 0.3) is 6.08 Å². The average molecular weight is 747 g/mol. The number of thiazole rings is 1. The first-order chi connectivity index (χ1) is 17.3. The first-order valence-corrected chi connectivity index (χ1v) is 14.3. The molecule has 0 N–H and O–H groups in total. The summed E-state index contributed by atoms with van der Waals surface area (Å²) < 4.78 is 15.0. The SMILES string of the molecule is C=CCOc1c(I)cc(/C=c2\sc3n(c2=O)[C@H](c2ccccc2Cl)C(C(=O)OCC)=C(C)N=3)cc1I. The molecule has 0 unspecified atom stereocenters. The van der Waals surface area contributed by atoms with Gasteiger partial charge in [-0.3, -0.25) is 9.36 Å². The van der Waals surface area contributed by atoms with Crippen molar-refractivity contribution in [2.45, 2.75) is 19.9 Å². The molecular weight excluding hydrogens is 726 g/mol. The van der Waals surface area contributed by atoms with E-state index in [9.17, 15) is 9.59 Å². The number of rotatable bonds is 7. The summed E-state index contributed by atoms with van der Waals surface area (Å²) in [6.07, 6.45) is 3.53. The fourth-order valence-corrected chi connectivity index (χ4v) is 7.29. The highest BCUT2D eigenvalue weighted by atomic mass is 127. The highest BCUT2D eigenvalue weighted by Gasteiger charge is 2.34. The van der Waals surface area contributed by atoms with Gasteiger partial charge in [-0.05, 0) is 94.4 Å². The van der Waals surface area contributed by atoms with Gasteiger partial charge in [0.1, 0.15) is 18.4 Å². The number of halogens is 3. The number of carbonyl (C=O) groups is 1. The van der Waals surface area contributed by atoms with Crippen LogP contribution in [0, 0.1) is 7.14 Å². The van der Waals surface area contributed by atoms with E-state index in [1.165, 1.54) is 15.9 Å². The first kappa shape index (κ1) is 27.1. The zero-order valence-electron chi connectivity index (χ0n) is 19.4. The predicted molar refractivity (Wildman–Crippen MR) is 159 cm³/mol. The average Bonchev–Trinajstić information content (AvgIpc) is 3.12. The van der Waals surface area contributed by atoms with Crippen LogP contribution in [0.2, 0.25) is 5.02 Å². The summed E-state index contributed by atoms with van der Waals surface area (Å²) in [6, 6.07) is 10.4. The Balaban J connectivity index is 1.91. The van der Waals surface area contributed by atoms with Crippen molar-refractivity contribution in [3.05, 3.63) is 103 Å². The summed E-state index contributed by atoms with van der Waals surface area (Å²) >= 11 is 12.3. The van der Waals surface area contributed by atoms with E-state index in [2.05, 4.69) is 56.8 Å². The van der Waals surface area contributed by atoms with Crippen LogP contribution < -0.4 is 19.6 Å². The third-order valence-electron chi connectivity index (χ3n) is 5.38. The standard InChI is InChI=1S/C26H21ClI2N2O4S/c1-4-10-35-23-18(28)11-15(12-19(23)29)13-20-24(32)31-22(16-8-6-7-9-17(16)27)21(25(33)34-5-2)14(3)30-26(31)36-20/h4,6-9,11-13,22H,1,5,10H2,2-3H3/b20-13-/t22-/m1/s1. The molecule has 10 heteroatoms. The minimum atomic E-state index is -0.744. The number of aromatic nitrogens is 1. The second kappa shape index (κ2) is 11.6. The summed E-state index contributed by atoms with van der Waals surface area (Å²) in [7, 11) is 0. The molecule has 2 aromatic carbocycles. The van der Waals surface area contributed by atoms with Crippen LogP contribution in [-0.4, -0.2) is 23.8 Å². The fraction of sp³-hybridized carbons (Fsp3) is 0.192. The lowest BCUT2D eigenvalue weighted by molar-refractivity contribution is -0.139. The second-order valence-electron chi connectivity index (χ2n) is 7.74. The Morgan fingerprint density at radius 3 is 2.61 bits per heavy atom. The van der Waals surface area contributed by atoms with Gasteiger partial charge in [-0.25, -0.2) is 9.79 Å². The molecule has 6 nitrogen and oxygen atoms in total. The largest absolute Gasteiger partial charge is 0.487 e. The van der Waals surface area contributed by atoms with Gasteiger partial charge < -0.3 is 9.47 Å². The quantitative estimate of drug-likeness (QED) is 0.189. The van der Waals surface area contributed by atoms with Gasteiger partial charge in [0.15, 0.2) is 4.80 Å². The monoisotopic (exact) mass is 746 g/mol. The van der Waals surface area contributed by atoms with Crippen molar-refractivity contribution in [1.29, 1.82) is 0 Å². The highest BCUT2D eigenvalue weighted by molar-refractivity contribution is 14.1. The van der Waals surface area contributed by atoms with Gasteiger partial charge in [0.25, 0.3) is 5.56 Å². The Bertz CT molecular complexity index is 1550. The molecule has 1 aliphatic rings. The van der Waals surface area contributed by atoms with E-state index in [4.69, 9.17) is 21.1 Å². The summed E-state index contributed by atoms with van der Waals surface area (Å²) in [6.45, 7) is 7.80. The summed E-state index contributed by atoms with van der Waals surface area (Å²) in [5, 5.41) is 0.452. The van der Waals surface area contributed by atoms with E-state index in [0.717, 1.165) is 18.5 Å². The maximum absolute atomic E-state index is 13.7. The Morgan fingerprint density at radius 2 is 1.97 bits per heavy atom. The molecule has 0 fully saturated rings. The Hall–Kier alpha value is -1.96. The minimum absolute atomic E-state index is 0.207. The molecule has 1 aliphatic heterocycles. The number of hydrogen-bond acceptors (Lipinski definition) is 6. The molecule has 0 amide bonds. The van der Waals surface area contributed by atoms with E-state index in [1.54, 1.807) is 26.0 Å². The normalized spacial score (nSPS) is 15.4. The van der Waals surface area contributed by atoms with Crippen molar-refractivity contribution in [3.63, 3.8) is 0 Å². The summed E-state index contributed by atoms with van der Waals surface area (Å²) in [4.78, 5) is 31.8. The van der Waals surface area contributed by atoms with Crippen molar-refractivity contribution in [3.8, 4) is 5.75 Å². The number of benzene rings is 2. The van der Waals surface area contributed by atoms with Crippen LogP contribution in [0.1, 0.15) is 31.0 Å². The molecule has 3 aromatic rings. The molecule has 0 aliphatic carbocycles. The van der Waals surface area contributed by atoms with Crippen molar-refractivity contribution in [2.75, 3.05) is 13.2 Å². The van der Waals surface area contributed by atoms with Crippen LogP contribution in [0.5, 0.6) is 5.75 Å². The van der Waals surface area contributed by atoms with Crippen LogP contribution in [0.4, 0.5) is 0 Å². The third kappa shape index (κ3) is 5.34. The van der Waals surface area contributed by atoms with Gasteiger partial charge in [0, 0.05) is 5.02 Å². The van der Waals surface area contributed by atoms with Gasteiger partial charge in [-0.15, -0.1) is 0 Å². The molecule has 36 heavy (non-hydrogen) atoms. The molecule has 0 saturated carbocycles. The van der Waals surface area contributed by atoms with Crippen LogP contribution in [-0.2, 0) is 9.53 Å². The molecule has 0 spiro atoms. The third-order valence-corrected chi connectivity index (χ3v) is 8.31. The van der Waals surface area contributed by atoms with E-state index in [-0.39, 0.29) is 12.2 Å². The smallest absolute Gasteiger partial charge is 0.338 e. The van der Waals surface area contributed by atoms with E-state index < -0.39 is 12.0 Å². The summed E-state index contributed by atoms with van der Waals surface area (Å²) in [5.41, 5.74) is 2.04. The highest BCUT2D eigenvalue weighted by Crippen LogP contribution is 2.34. The lowest BCUT2D eigenvalue weighted by Gasteiger charge is -2.25. The van der Waals surface area contributed by atoms with Crippen molar-refractivity contribution in [2.24, 2.45) is 4.99 Å². The van der Waals surface area contributed by atoms with Gasteiger partial charge in [-0.2, -0.15) is 0 Å². The maximum Gasteiger partial charge on any atom is 0.338 e. The molecule has 186 valence electrons. The van der Waals surface area contributed by atoms with Crippen molar-refractivity contribution in [1.82, 2.24) is 4.57 Å². The second-order valence-corrected chi connectivity index (χ2v) is 11.5. The van der Waals surface area contributed by atoms with Crippen LogP contribution in [0.15, 0.2) is 70.1 Å². The molecule has 2 heterocycles. The van der Waals surface area contributed by atoms with Gasteiger partial charge >= 0.3 is 5.97 Å². The topological polar surface area (TPSA) is 69.9 Å². The zero-order chi connectivity index (χ0) is 26.0. The molecule has 4 rings (SSSR count). The van der Waals surface area contributed by atoms with Crippen LogP contribution >= 0.6 is 68.1 Å². The number of ether oxygens (including phenoxy) is 2. The fourth-order valence-electron chi connectivity index (χ4n) is 3.88. The lowest BCUT2D eigenvalue weighted by Crippen LogP contribution is -2.40. The van der Waals surface area contributed by atoms with Crippen LogP contribution in [0.3, 0.4) is 0 Å². The van der Waals surface area contributed by atoms with Gasteiger partial charge in [-0.1, -0.05) is 53.8 Å². The maximum atomic E-state index is 13.7. The Morgan fingerprint density at radius 1 is 1.28 bits per heavy atom. The van der Waals surface area contributed by atoms with Crippen molar-refractivity contribution < 1.29 is 14.3 Å². The number of nitrogens with zero attached hydrogens (tertiary/aromatic N) is 2. The lowest BCUT2D eigenvalue weighted by atomic mass is 9.96. The molecule has 1 aromatic heterocycles. The zero-order valence-corrected chi connectivity index (χ0v) is 25.3.